The smallest absolute Gasteiger partial charge is 0.241 e. The predicted molar refractivity (Wildman–Crippen MR) is 147 cm³/mol. The van der Waals surface area contributed by atoms with Crippen LogP contribution in [0.1, 0.15) is 55.1 Å². The van der Waals surface area contributed by atoms with Gasteiger partial charge in [0, 0.05) is 28.7 Å². The number of halogens is 2. The van der Waals surface area contributed by atoms with Crippen LogP contribution in [0, 0.1) is 6.92 Å². The summed E-state index contributed by atoms with van der Waals surface area (Å²) in [7, 11) is -3.64. The summed E-state index contributed by atoms with van der Waals surface area (Å²) in [5, 5.41) is 4.62. The van der Waals surface area contributed by atoms with Crippen LogP contribution < -0.4 is 4.72 Å². The van der Waals surface area contributed by atoms with Crippen molar-refractivity contribution in [2.75, 3.05) is 19.6 Å². The molecule has 2 aromatic carbocycles. The van der Waals surface area contributed by atoms with Gasteiger partial charge in [-0.25, -0.2) is 13.1 Å². The number of rotatable bonds is 9. The van der Waals surface area contributed by atoms with Gasteiger partial charge in [-0.1, -0.05) is 52.3 Å². The van der Waals surface area contributed by atoms with Crippen LogP contribution >= 0.6 is 28.3 Å². The molecule has 1 aromatic heterocycles. The summed E-state index contributed by atoms with van der Waals surface area (Å²) in [6.45, 7) is 7.98. The fraction of sp³-hybridized carbons (Fsp3) is 0.423. The molecule has 1 fully saturated rings. The SMILES string of the molecule is CCn1nc(C)cc1C1CCN(CCC(NS(=O)(=O)c2cccc(Br)c2)c2ccccc2)CC1.Cl. The van der Waals surface area contributed by atoms with Gasteiger partial charge in [0.05, 0.1) is 10.6 Å². The van der Waals surface area contributed by atoms with Gasteiger partial charge in [0.1, 0.15) is 0 Å². The molecule has 0 saturated carbocycles. The maximum absolute atomic E-state index is 13.1. The molecule has 0 bridgehead atoms. The summed E-state index contributed by atoms with van der Waals surface area (Å²) in [5.41, 5.74) is 3.42. The molecular weight excluding hydrogens is 548 g/mol. The number of aromatic nitrogens is 2. The third-order valence-electron chi connectivity index (χ3n) is 6.58. The molecule has 0 aliphatic carbocycles. The molecule has 35 heavy (non-hydrogen) atoms. The Labute approximate surface area is 223 Å². The molecule has 1 N–H and O–H groups in total. The molecule has 0 spiro atoms. The third-order valence-corrected chi connectivity index (χ3v) is 8.54. The fourth-order valence-corrected chi connectivity index (χ4v) is 6.64. The van der Waals surface area contributed by atoms with Crippen LogP contribution in [0.4, 0.5) is 0 Å². The lowest BCUT2D eigenvalue weighted by Gasteiger charge is -2.33. The van der Waals surface area contributed by atoms with E-state index in [1.165, 1.54) is 5.69 Å². The Morgan fingerprint density at radius 3 is 2.46 bits per heavy atom. The van der Waals surface area contributed by atoms with E-state index in [-0.39, 0.29) is 23.3 Å². The van der Waals surface area contributed by atoms with Crippen molar-refractivity contribution in [3.63, 3.8) is 0 Å². The van der Waals surface area contributed by atoms with Gasteiger partial charge in [-0.3, -0.25) is 4.68 Å². The lowest BCUT2D eigenvalue weighted by atomic mass is 9.92. The lowest BCUT2D eigenvalue weighted by molar-refractivity contribution is 0.201. The lowest BCUT2D eigenvalue weighted by Crippen LogP contribution is -2.37. The molecule has 3 aromatic rings. The molecule has 190 valence electrons. The Morgan fingerprint density at radius 1 is 1.09 bits per heavy atom. The largest absolute Gasteiger partial charge is 0.303 e. The average Bonchev–Trinajstić information content (AvgIpc) is 3.23. The second-order valence-electron chi connectivity index (χ2n) is 8.97. The summed E-state index contributed by atoms with van der Waals surface area (Å²) in [4.78, 5) is 2.73. The summed E-state index contributed by atoms with van der Waals surface area (Å²) >= 11 is 3.38. The van der Waals surface area contributed by atoms with Crippen LogP contribution in [0.15, 0.2) is 70.0 Å². The van der Waals surface area contributed by atoms with E-state index >= 15 is 0 Å². The molecule has 1 aliphatic rings. The summed E-state index contributed by atoms with van der Waals surface area (Å²) < 4.78 is 32.1. The zero-order valence-electron chi connectivity index (χ0n) is 20.2. The summed E-state index contributed by atoms with van der Waals surface area (Å²) in [6.07, 6.45) is 2.92. The molecule has 0 radical (unpaired) electrons. The molecule has 1 aliphatic heterocycles. The number of hydrogen-bond donors (Lipinski definition) is 1. The van der Waals surface area contributed by atoms with Gasteiger partial charge in [-0.2, -0.15) is 5.10 Å². The molecule has 1 saturated heterocycles. The monoisotopic (exact) mass is 580 g/mol. The van der Waals surface area contributed by atoms with Crippen LogP contribution in [-0.2, 0) is 16.6 Å². The topological polar surface area (TPSA) is 67.2 Å². The van der Waals surface area contributed by atoms with E-state index in [0.717, 1.165) is 54.8 Å². The minimum absolute atomic E-state index is 0. The van der Waals surface area contributed by atoms with E-state index < -0.39 is 10.0 Å². The second-order valence-corrected chi connectivity index (χ2v) is 11.6. The van der Waals surface area contributed by atoms with E-state index in [2.05, 4.69) is 55.2 Å². The van der Waals surface area contributed by atoms with Gasteiger partial charge < -0.3 is 4.90 Å². The maximum atomic E-state index is 13.1. The third kappa shape index (κ3) is 7.17. The molecule has 1 atom stereocenters. The summed E-state index contributed by atoms with van der Waals surface area (Å²) in [6, 6.07) is 18.6. The number of aryl methyl sites for hydroxylation is 2. The highest BCUT2D eigenvalue weighted by atomic mass is 79.9. The molecule has 1 unspecified atom stereocenters. The molecule has 9 heteroatoms. The van der Waals surface area contributed by atoms with Crippen molar-refractivity contribution < 1.29 is 8.42 Å². The minimum atomic E-state index is -3.64. The van der Waals surface area contributed by atoms with Crippen molar-refractivity contribution in [1.29, 1.82) is 0 Å². The number of piperidine rings is 1. The van der Waals surface area contributed by atoms with Gasteiger partial charge in [-0.15, -0.1) is 12.4 Å². The minimum Gasteiger partial charge on any atom is -0.303 e. The normalized spacial score (nSPS) is 16.1. The number of nitrogens with zero attached hydrogens (tertiary/aromatic N) is 3. The Hall–Kier alpha value is -1.71. The molecular formula is C26H34BrClN4O2S. The number of benzene rings is 2. The number of sulfonamides is 1. The standard InChI is InChI=1S/C26H33BrN4O2S.ClH/c1-3-31-26(18-20(2)28-31)22-12-15-30(16-13-22)17-14-25(21-8-5-4-6-9-21)29-34(32,33)24-11-7-10-23(27)19-24;/h4-11,18-19,22,25,29H,3,12-17H2,1-2H3;1H. The Bertz CT molecular complexity index is 1200. The first-order valence-electron chi connectivity index (χ1n) is 11.9. The first kappa shape index (κ1) is 27.9. The molecule has 2 heterocycles. The van der Waals surface area contributed by atoms with Crippen LogP contribution in [0.2, 0.25) is 0 Å². The second kappa shape index (κ2) is 12.5. The first-order chi connectivity index (χ1) is 16.4. The van der Waals surface area contributed by atoms with Crippen molar-refractivity contribution in [1.82, 2.24) is 19.4 Å². The van der Waals surface area contributed by atoms with Crippen molar-refractivity contribution in [2.45, 2.75) is 56.5 Å². The molecule has 0 amide bonds. The van der Waals surface area contributed by atoms with E-state index in [9.17, 15) is 8.42 Å². The van der Waals surface area contributed by atoms with Crippen LogP contribution in [0.25, 0.3) is 0 Å². The van der Waals surface area contributed by atoms with Crippen molar-refractivity contribution in [2.24, 2.45) is 0 Å². The van der Waals surface area contributed by atoms with E-state index in [1.54, 1.807) is 18.2 Å². The van der Waals surface area contributed by atoms with Crippen LogP contribution in [-0.4, -0.2) is 42.7 Å². The van der Waals surface area contributed by atoms with Crippen LogP contribution in [0.3, 0.4) is 0 Å². The predicted octanol–water partition coefficient (Wildman–Crippen LogP) is 5.69. The van der Waals surface area contributed by atoms with Gasteiger partial charge in [0.2, 0.25) is 10.0 Å². The van der Waals surface area contributed by atoms with Crippen molar-refractivity contribution in [3.8, 4) is 0 Å². The number of likely N-dealkylation sites (tertiary alicyclic amines) is 1. The molecule has 4 rings (SSSR count). The Morgan fingerprint density at radius 2 is 1.80 bits per heavy atom. The summed E-state index contributed by atoms with van der Waals surface area (Å²) in [5.74, 6) is 0.539. The number of nitrogens with one attached hydrogen (secondary N) is 1. The molecule has 6 nitrogen and oxygen atoms in total. The van der Waals surface area contributed by atoms with Gasteiger partial charge in [-0.05, 0) is 82.6 Å². The van der Waals surface area contributed by atoms with Crippen LogP contribution in [0.5, 0.6) is 0 Å². The first-order valence-corrected chi connectivity index (χ1v) is 14.2. The average molecular weight is 582 g/mol. The van der Waals surface area contributed by atoms with E-state index in [0.29, 0.717) is 12.3 Å². The van der Waals surface area contributed by atoms with Crippen molar-refractivity contribution in [3.05, 3.63) is 82.1 Å². The van der Waals surface area contributed by atoms with Crippen molar-refractivity contribution >= 4 is 38.4 Å². The van der Waals surface area contributed by atoms with Gasteiger partial charge >= 0.3 is 0 Å². The Balaban J connectivity index is 0.00000342. The zero-order chi connectivity index (χ0) is 24.1. The zero-order valence-corrected chi connectivity index (χ0v) is 23.4. The fourth-order valence-electron chi connectivity index (χ4n) is 4.78. The number of hydrogen-bond acceptors (Lipinski definition) is 4. The maximum Gasteiger partial charge on any atom is 0.241 e. The quantitative estimate of drug-likeness (QED) is 0.353. The Kier molecular flexibility index (Phi) is 9.95. The highest BCUT2D eigenvalue weighted by Gasteiger charge is 2.26. The van der Waals surface area contributed by atoms with E-state index in [1.807, 2.05) is 36.4 Å². The van der Waals surface area contributed by atoms with E-state index in [4.69, 9.17) is 0 Å². The van der Waals surface area contributed by atoms with Gasteiger partial charge in [0.25, 0.3) is 0 Å². The van der Waals surface area contributed by atoms with Gasteiger partial charge in [0.15, 0.2) is 0 Å². The highest BCUT2D eigenvalue weighted by molar-refractivity contribution is 9.10. The highest BCUT2D eigenvalue weighted by Crippen LogP contribution is 2.30.